The van der Waals surface area contributed by atoms with Gasteiger partial charge in [0.25, 0.3) is 0 Å². The molecule has 5 heteroatoms. The molecule has 0 aromatic rings. The van der Waals surface area contributed by atoms with Crippen molar-refractivity contribution in [2.24, 2.45) is 0 Å². The number of aliphatic hydroxyl groups excluding tert-OH is 1. The van der Waals surface area contributed by atoms with Crippen LogP contribution in [0.15, 0.2) is 0 Å². The summed E-state index contributed by atoms with van der Waals surface area (Å²) in [7, 11) is 0. The van der Waals surface area contributed by atoms with Crippen molar-refractivity contribution in [3.63, 3.8) is 0 Å². The van der Waals surface area contributed by atoms with Gasteiger partial charge in [-0.2, -0.15) is 0 Å². The fourth-order valence-electron chi connectivity index (χ4n) is 2.93. The van der Waals surface area contributed by atoms with E-state index >= 15 is 0 Å². The number of ether oxygens (including phenoxy) is 4. The van der Waals surface area contributed by atoms with Gasteiger partial charge in [0.1, 0.15) is 12.2 Å². The average Bonchev–Trinajstić information content (AvgIpc) is 2.68. The van der Waals surface area contributed by atoms with Crippen molar-refractivity contribution in [1.29, 1.82) is 0 Å². The van der Waals surface area contributed by atoms with Gasteiger partial charge in [-0.05, 0) is 20.3 Å². The molecule has 1 N–H and O–H groups in total. The van der Waals surface area contributed by atoms with Crippen LogP contribution in [0, 0.1) is 0 Å². The summed E-state index contributed by atoms with van der Waals surface area (Å²) in [4.78, 5) is 0. The molecule has 17 heavy (non-hydrogen) atoms. The summed E-state index contributed by atoms with van der Waals surface area (Å²) in [6, 6.07) is 0. The highest BCUT2D eigenvalue weighted by molar-refractivity contribution is 4.95. The van der Waals surface area contributed by atoms with Crippen molar-refractivity contribution in [2.45, 2.75) is 63.0 Å². The molecule has 3 aliphatic heterocycles. The van der Waals surface area contributed by atoms with Gasteiger partial charge in [-0.3, -0.25) is 0 Å². The van der Waals surface area contributed by atoms with Crippen LogP contribution in [0.1, 0.15) is 33.1 Å². The quantitative estimate of drug-likeness (QED) is 0.683. The topological polar surface area (TPSA) is 57.2 Å². The summed E-state index contributed by atoms with van der Waals surface area (Å²) in [6.45, 7) is 4.86. The molecule has 3 aliphatic rings. The van der Waals surface area contributed by atoms with Crippen molar-refractivity contribution in [3.05, 3.63) is 0 Å². The molecule has 1 spiro atoms. The first kappa shape index (κ1) is 11.9. The number of rotatable bonds is 0. The Morgan fingerprint density at radius 1 is 1.18 bits per heavy atom. The fraction of sp³-hybridized carbons (Fsp3) is 1.00. The van der Waals surface area contributed by atoms with Crippen LogP contribution < -0.4 is 0 Å². The maximum atomic E-state index is 10.2. The zero-order chi connectivity index (χ0) is 12.1. The molecule has 1 unspecified atom stereocenters. The first-order chi connectivity index (χ1) is 8.00. The third kappa shape index (κ3) is 2.11. The molecule has 3 fully saturated rings. The molecule has 0 aromatic heterocycles. The Bertz CT molecular complexity index is 297. The standard InChI is InChI=1S/C12H20O5/c1-11(2)15-7-9-10(17-11)8(13)6-12(16-9)4-3-5-14-12/h8-10,13H,3-7H2,1-2H3/t8-,9?,10+,12-/m1/s1. The molecule has 0 aliphatic carbocycles. The second-order valence-electron chi connectivity index (χ2n) is 5.58. The Morgan fingerprint density at radius 2 is 2.00 bits per heavy atom. The van der Waals surface area contributed by atoms with Crippen molar-refractivity contribution in [3.8, 4) is 0 Å². The fourth-order valence-corrected chi connectivity index (χ4v) is 2.93. The van der Waals surface area contributed by atoms with E-state index in [9.17, 15) is 5.11 Å². The Morgan fingerprint density at radius 3 is 2.71 bits per heavy atom. The van der Waals surface area contributed by atoms with E-state index in [4.69, 9.17) is 18.9 Å². The van der Waals surface area contributed by atoms with Gasteiger partial charge in [0.15, 0.2) is 11.6 Å². The van der Waals surface area contributed by atoms with Crippen LogP contribution in [-0.4, -0.2) is 48.2 Å². The smallest absolute Gasteiger partial charge is 0.171 e. The van der Waals surface area contributed by atoms with E-state index in [1.807, 2.05) is 13.8 Å². The Kier molecular flexibility index (Phi) is 2.72. The molecular formula is C12H20O5. The van der Waals surface area contributed by atoms with Gasteiger partial charge in [-0.15, -0.1) is 0 Å². The van der Waals surface area contributed by atoms with Crippen molar-refractivity contribution in [1.82, 2.24) is 0 Å². The van der Waals surface area contributed by atoms with Crippen molar-refractivity contribution >= 4 is 0 Å². The van der Waals surface area contributed by atoms with E-state index < -0.39 is 17.7 Å². The molecule has 0 radical (unpaired) electrons. The molecule has 3 saturated heterocycles. The summed E-state index contributed by atoms with van der Waals surface area (Å²) in [5.41, 5.74) is 0. The number of hydrogen-bond donors (Lipinski definition) is 1. The molecule has 5 nitrogen and oxygen atoms in total. The van der Waals surface area contributed by atoms with Crippen molar-refractivity contribution in [2.75, 3.05) is 13.2 Å². The lowest BCUT2D eigenvalue weighted by Gasteiger charge is -2.49. The predicted octanol–water partition coefficient (Wildman–Crippen LogP) is 0.794. The minimum absolute atomic E-state index is 0.232. The molecule has 0 aromatic carbocycles. The van der Waals surface area contributed by atoms with E-state index in [-0.39, 0.29) is 12.2 Å². The van der Waals surface area contributed by atoms with Crippen LogP contribution in [0.2, 0.25) is 0 Å². The maximum absolute atomic E-state index is 10.2. The normalized spacial score (nSPS) is 49.2. The molecule has 3 heterocycles. The van der Waals surface area contributed by atoms with Gasteiger partial charge < -0.3 is 24.1 Å². The van der Waals surface area contributed by atoms with E-state index in [0.717, 1.165) is 12.8 Å². The largest absolute Gasteiger partial charge is 0.390 e. The SMILES string of the molecule is CC1(C)OCC2O[C@]3(CCCO3)C[C@@H](O)[C@@H]2O1. The third-order valence-electron chi connectivity index (χ3n) is 3.71. The summed E-state index contributed by atoms with van der Waals surface area (Å²) < 4.78 is 22.9. The zero-order valence-corrected chi connectivity index (χ0v) is 10.3. The second-order valence-corrected chi connectivity index (χ2v) is 5.58. The third-order valence-corrected chi connectivity index (χ3v) is 3.71. The molecule has 0 amide bonds. The summed E-state index contributed by atoms with van der Waals surface area (Å²) in [5.74, 6) is -1.25. The van der Waals surface area contributed by atoms with Crippen LogP contribution in [0.5, 0.6) is 0 Å². The van der Waals surface area contributed by atoms with E-state index in [0.29, 0.717) is 19.6 Å². The average molecular weight is 244 g/mol. The highest BCUT2D eigenvalue weighted by atomic mass is 16.8. The monoisotopic (exact) mass is 244 g/mol. The minimum atomic E-state index is -0.646. The van der Waals surface area contributed by atoms with E-state index in [1.165, 1.54) is 0 Å². The molecule has 4 atom stereocenters. The Balaban J connectivity index is 1.75. The van der Waals surface area contributed by atoms with Crippen LogP contribution in [0.3, 0.4) is 0 Å². The minimum Gasteiger partial charge on any atom is -0.390 e. The first-order valence-electron chi connectivity index (χ1n) is 6.31. The first-order valence-corrected chi connectivity index (χ1v) is 6.31. The Labute approximate surface area is 101 Å². The van der Waals surface area contributed by atoms with Gasteiger partial charge in [0, 0.05) is 12.8 Å². The Hall–Kier alpha value is -0.200. The highest BCUT2D eigenvalue weighted by Crippen LogP contribution is 2.41. The predicted molar refractivity (Wildman–Crippen MR) is 58.3 cm³/mol. The summed E-state index contributed by atoms with van der Waals surface area (Å²) in [5, 5.41) is 10.2. The van der Waals surface area contributed by atoms with Gasteiger partial charge >= 0.3 is 0 Å². The van der Waals surface area contributed by atoms with Crippen LogP contribution in [0.4, 0.5) is 0 Å². The molecule has 3 rings (SSSR count). The maximum Gasteiger partial charge on any atom is 0.171 e. The molecule has 0 bridgehead atoms. The van der Waals surface area contributed by atoms with Gasteiger partial charge in [0.05, 0.1) is 19.3 Å². The van der Waals surface area contributed by atoms with Crippen LogP contribution >= 0.6 is 0 Å². The van der Waals surface area contributed by atoms with Gasteiger partial charge in [-0.1, -0.05) is 0 Å². The zero-order valence-electron chi connectivity index (χ0n) is 10.3. The van der Waals surface area contributed by atoms with Crippen LogP contribution in [0.25, 0.3) is 0 Å². The molecule has 0 saturated carbocycles. The summed E-state index contributed by atoms with van der Waals surface area (Å²) >= 11 is 0. The number of aliphatic hydroxyl groups is 1. The lowest BCUT2D eigenvalue weighted by Crippen LogP contribution is -2.62. The number of hydrogen-bond acceptors (Lipinski definition) is 5. The van der Waals surface area contributed by atoms with Gasteiger partial charge in [-0.25, -0.2) is 0 Å². The molecule has 98 valence electrons. The molecular weight excluding hydrogens is 224 g/mol. The second kappa shape index (κ2) is 3.90. The van der Waals surface area contributed by atoms with Crippen LogP contribution in [-0.2, 0) is 18.9 Å². The van der Waals surface area contributed by atoms with E-state index in [1.54, 1.807) is 0 Å². The lowest BCUT2D eigenvalue weighted by atomic mass is 9.93. The number of fused-ring (bicyclic) bond motifs is 1. The lowest BCUT2D eigenvalue weighted by molar-refractivity contribution is -0.384. The summed E-state index contributed by atoms with van der Waals surface area (Å²) in [6.07, 6.45) is 1.23. The van der Waals surface area contributed by atoms with Gasteiger partial charge in [0.2, 0.25) is 0 Å². The van der Waals surface area contributed by atoms with E-state index in [2.05, 4.69) is 0 Å². The van der Waals surface area contributed by atoms with Crippen molar-refractivity contribution < 1.29 is 24.1 Å². The highest BCUT2D eigenvalue weighted by Gasteiger charge is 2.53.